The number of piperidine rings is 1. The third kappa shape index (κ3) is 6.49. The van der Waals surface area contributed by atoms with Gasteiger partial charge in [-0.2, -0.15) is 0 Å². The van der Waals surface area contributed by atoms with Crippen molar-refractivity contribution in [3.05, 3.63) is 35.9 Å². The number of guanidine groups is 1. The van der Waals surface area contributed by atoms with E-state index in [2.05, 4.69) is 64.7 Å². The Bertz CT molecular complexity index is 563. The Labute approximate surface area is 171 Å². The van der Waals surface area contributed by atoms with E-state index in [0.29, 0.717) is 5.92 Å². The quantitative estimate of drug-likeness (QED) is 0.477. The number of methoxy groups -OCH3 is 1. The zero-order chi connectivity index (χ0) is 20.2. The summed E-state index contributed by atoms with van der Waals surface area (Å²) in [5, 5.41) is 7.16. The van der Waals surface area contributed by atoms with Crippen molar-refractivity contribution in [2.24, 2.45) is 10.9 Å². The molecule has 0 aromatic heterocycles. The molecule has 1 saturated heterocycles. The number of nitrogens with one attached hydrogen (secondary N) is 2. The molecule has 2 rings (SSSR count). The largest absolute Gasteiger partial charge is 0.383 e. The molecule has 0 spiro atoms. The molecule has 0 atom stereocenters. The molecule has 1 heterocycles. The average Bonchev–Trinajstić information content (AvgIpc) is 2.76. The van der Waals surface area contributed by atoms with Crippen molar-refractivity contribution < 1.29 is 4.74 Å². The van der Waals surface area contributed by atoms with E-state index in [1.807, 2.05) is 7.05 Å². The monoisotopic (exact) mass is 388 g/mol. The first kappa shape index (κ1) is 22.7. The van der Waals surface area contributed by atoms with E-state index in [1.165, 1.54) is 31.5 Å². The van der Waals surface area contributed by atoms with Crippen molar-refractivity contribution in [3.8, 4) is 0 Å². The van der Waals surface area contributed by atoms with Crippen molar-refractivity contribution in [1.29, 1.82) is 0 Å². The maximum Gasteiger partial charge on any atom is 0.191 e. The summed E-state index contributed by atoms with van der Waals surface area (Å²) in [7, 11) is 3.64. The Morgan fingerprint density at radius 1 is 1.14 bits per heavy atom. The van der Waals surface area contributed by atoms with Gasteiger partial charge in [0.15, 0.2) is 5.96 Å². The van der Waals surface area contributed by atoms with Crippen LogP contribution < -0.4 is 10.6 Å². The summed E-state index contributed by atoms with van der Waals surface area (Å²) in [5.74, 6) is 1.64. The summed E-state index contributed by atoms with van der Waals surface area (Å²) >= 11 is 0. The molecule has 1 aliphatic rings. The first-order valence-corrected chi connectivity index (χ1v) is 10.9. The van der Waals surface area contributed by atoms with Gasteiger partial charge in [-0.3, -0.25) is 4.99 Å². The molecular formula is C23H40N4O. The SMILES string of the molecule is CCC(CC)(CNC(=NC)NCC1CCN(CCOC)CC1)c1ccccc1. The normalized spacial score (nSPS) is 16.9. The van der Waals surface area contributed by atoms with Crippen LogP contribution in [0.15, 0.2) is 35.3 Å². The van der Waals surface area contributed by atoms with E-state index >= 15 is 0 Å². The highest BCUT2D eigenvalue weighted by Gasteiger charge is 2.28. The van der Waals surface area contributed by atoms with Crippen LogP contribution in [0.1, 0.15) is 45.1 Å². The zero-order valence-electron chi connectivity index (χ0n) is 18.3. The second-order valence-corrected chi connectivity index (χ2v) is 7.94. The van der Waals surface area contributed by atoms with E-state index in [1.54, 1.807) is 7.11 Å². The molecule has 1 aliphatic heterocycles. The number of rotatable bonds is 10. The highest BCUT2D eigenvalue weighted by molar-refractivity contribution is 5.79. The Morgan fingerprint density at radius 2 is 1.82 bits per heavy atom. The Morgan fingerprint density at radius 3 is 2.39 bits per heavy atom. The van der Waals surface area contributed by atoms with Gasteiger partial charge in [-0.1, -0.05) is 44.2 Å². The predicted molar refractivity (Wildman–Crippen MR) is 119 cm³/mol. The van der Waals surface area contributed by atoms with Crippen molar-refractivity contribution >= 4 is 5.96 Å². The van der Waals surface area contributed by atoms with Gasteiger partial charge >= 0.3 is 0 Å². The minimum atomic E-state index is 0.144. The molecule has 158 valence electrons. The third-order valence-corrected chi connectivity index (χ3v) is 6.43. The number of hydrogen-bond donors (Lipinski definition) is 2. The van der Waals surface area contributed by atoms with Gasteiger partial charge in [0.25, 0.3) is 0 Å². The first-order chi connectivity index (χ1) is 13.7. The van der Waals surface area contributed by atoms with E-state index in [4.69, 9.17) is 4.74 Å². The molecule has 5 heteroatoms. The van der Waals surface area contributed by atoms with Crippen molar-refractivity contribution in [3.63, 3.8) is 0 Å². The lowest BCUT2D eigenvalue weighted by molar-refractivity contribution is 0.121. The molecule has 1 aromatic carbocycles. The van der Waals surface area contributed by atoms with Crippen molar-refractivity contribution in [2.75, 3.05) is 53.5 Å². The molecule has 2 N–H and O–H groups in total. The minimum absolute atomic E-state index is 0.144. The predicted octanol–water partition coefficient (Wildman–Crippen LogP) is 3.27. The summed E-state index contributed by atoms with van der Waals surface area (Å²) in [6, 6.07) is 10.9. The molecule has 1 aromatic rings. The first-order valence-electron chi connectivity index (χ1n) is 10.9. The van der Waals surface area contributed by atoms with Crippen LogP contribution in [0.2, 0.25) is 0 Å². The number of benzene rings is 1. The average molecular weight is 389 g/mol. The maximum atomic E-state index is 5.19. The van der Waals surface area contributed by atoms with Gasteiger partial charge < -0.3 is 20.3 Å². The van der Waals surface area contributed by atoms with Gasteiger partial charge in [-0.15, -0.1) is 0 Å². The highest BCUT2D eigenvalue weighted by atomic mass is 16.5. The lowest BCUT2D eigenvalue weighted by Gasteiger charge is -2.34. The summed E-state index contributed by atoms with van der Waals surface area (Å²) in [5.41, 5.74) is 1.55. The van der Waals surface area contributed by atoms with E-state index in [0.717, 1.165) is 45.0 Å². The van der Waals surface area contributed by atoms with E-state index < -0.39 is 0 Å². The van der Waals surface area contributed by atoms with Crippen molar-refractivity contribution in [2.45, 2.75) is 44.9 Å². The fraction of sp³-hybridized carbons (Fsp3) is 0.696. The Hall–Kier alpha value is -1.59. The summed E-state index contributed by atoms with van der Waals surface area (Å²) in [4.78, 5) is 6.96. The lowest BCUT2D eigenvalue weighted by Crippen LogP contribution is -2.47. The summed E-state index contributed by atoms with van der Waals surface area (Å²) in [6.45, 7) is 10.7. The second kappa shape index (κ2) is 12.1. The third-order valence-electron chi connectivity index (χ3n) is 6.43. The molecular weight excluding hydrogens is 348 g/mol. The fourth-order valence-corrected chi connectivity index (χ4v) is 4.15. The molecule has 0 aliphatic carbocycles. The van der Waals surface area contributed by atoms with Crippen LogP contribution in [0, 0.1) is 5.92 Å². The second-order valence-electron chi connectivity index (χ2n) is 7.94. The van der Waals surface area contributed by atoms with Gasteiger partial charge in [-0.05, 0) is 50.3 Å². The topological polar surface area (TPSA) is 48.9 Å². The lowest BCUT2D eigenvalue weighted by atomic mass is 9.76. The van der Waals surface area contributed by atoms with E-state index in [9.17, 15) is 0 Å². The van der Waals surface area contributed by atoms with Crippen LogP contribution in [0.3, 0.4) is 0 Å². The summed E-state index contributed by atoms with van der Waals surface area (Å²) < 4.78 is 5.19. The molecule has 28 heavy (non-hydrogen) atoms. The van der Waals surface area contributed by atoms with Gasteiger partial charge in [0.1, 0.15) is 0 Å². The van der Waals surface area contributed by atoms with Gasteiger partial charge in [0.2, 0.25) is 0 Å². The van der Waals surface area contributed by atoms with E-state index in [-0.39, 0.29) is 5.41 Å². The number of nitrogens with zero attached hydrogens (tertiary/aromatic N) is 2. The van der Waals surface area contributed by atoms with Crippen LogP contribution in [-0.4, -0.2) is 64.3 Å². The Balaban J connectivity index is 1.81. The molecule has 5 nitrogen and oxygen atoms in total. The molecule has 0 radical (unpaired) electrons. The van der Waals surface area contributed by atoms with Gasteiger partial charge in [0, 0.05) is 39.2 Å². The minimum Gasteiger partial charge on any atom is -0.383 e. The molecule has 0 bridgehead atoms. The van der Waals surface area contributed by atoms with Crippen LogP contribution in [0.25, 0.3) is 0 Å². The zero-order valence-corrected chi connectivity index (χ0v) is 18.3. The number of hydrogen-bond acceptors (Lipinski definition) is 3. The van der Waals surface area contributed by atoms with Crippen molar-refractivity contribution in [1.82, 2.24) is 15.5 Å². The van der Waals surface area contributed by atoms with Crippen LogP contribution in [-0.2, 0) is 10.2 Å². The number of ether oxygens (including phenoxy) is 1. The fourth-order valence-electron chi connectivity index (χ4n) is 4.15. The highest BCUT2D eigenvalue weighted by Crippen LogP contribution is 2.30. The van der Waals surface area contributed by atoms with Gasteiger partial charge in [-0.25, -0.2) is 0 Å². The molecule has 1 fully saturated rings. The smallest absolute Gasteiger partial charge is 0.191 e. The molecule has 0 saturated carbocycles. The van der Waals surface area contributed by atoms with Crippen LogP contribution in [0.5, 0.6) is 0 Å². The summed E-state index contributed by atoms with van der Waals surface area (Å²) in [6.07, 6.45) is 4.70. The molecule has 0 unspecified atom stereocenters. The standard InChI is InChI=1S/C23H40N4O/c1-5-23(6-2,21-10-8-7-9-11-21)19-26-22(24-3)25-18-20-12-14-27(15-13-20)16-17-28-4/h7-11,20H,5-6,12-19H2,1-4H3,(H2,24,25,26). The number of aliphatic imine (C=N–C) groups is 1. The van der Waals surface area contributed by atoms with Crippen LogP contribution in [0.4, 0.5) is 0 Å². The number of likely N-dealkylation sites (tertiary alicyclic amines) is 1. The van der Waals surface area contributed by atoms with Crippen LogP contribution >= 0.6 is 0 Å². The maximum absolute atomic E-state index is 5.19. The molecule has 0 amide bonds. The Kier molecular flexibility index (Phi) is 9.79. The van der Waals surface area contributed by atoms with Gasteiger partial charge in [0.05, 0.1) is 6.61 Å².